The summed E-state index contributed by atoms with van der Waals surface area (Å²) in [5.41, 5.74) is 5.59. The van der Waals surface area contributed by atoms with Crippen molar-refractivity contribution in [3.05, 3.63) is 113 Å². The smallest absolute Gasteiger partial charge is 0.200 e. The molecule has 0 radical (unpaired) electrons. The van der Waals surface area contributed by atoms with Gasteiger partial charge in [0.15, 0.2) is 0 Å². The Bertz CT molecular complexity index is 1460. The van der Waals surface area contributed by atoms with E-state index in [0.29, 0.717) is 11.1 Å². The molecule has 1 aliphatic carbocycles. The fourth-order valence-electron chi connectivity index (χ4n) is 4.77. The van der Waals surface area contributed by atoms with Gasteiger partial charge in [0, 0.05) is 32.9 Å². The van der Waals surface area contributed by atoms with Crippen LogP contribution in [-0.4, -0.2) is 19.4 Å². The molecule has 0 aliphatic heterocycles. The first-order valence-corrected chi connectivity index (χ1v) is 12.6. The van der Waals surface area contributed by atoms with Crippen LogP contribution in [0.25, 0.3) is 27.7 Å². The molecule has 0 saturated heterocycles. The fourth-order valence-corrected chi connectivity index (χ4v) is 5.49. The predicted molar refractivity (Wildman–Crippen MR) is 148 cm³/mol. The molecule has 1 aromatic heterocycles. The van der Waals surface area contributed by atoms with Crippen LogP contribution < -0.4 is 0 Å². The summed E-state index contributed by atoms with van der Waals surface area (Å²) < 4.78 is 2.13. The molecule has 4 heteroatoms. The molecule has 1 unspecified atom stereocenters. The maximum atomic E-state index is 13.5. The maximum Gasteiger partial charge on any atom is 0.200 e. The van der Waals surface area contributed by atoms with Crippen LogP contribution in [0.3, 0.4) is 0 Å². The quantitative estimate of drug-likeness (QED) is 0.157. The molecule has 3 nitrogen and oxygen atoms in total. The van der Waals surface area contributed by atoms with E-state index in [9.17, 15) is 9.90 Å². The Kier molecular flexibility index (Phi) is 5.72. The average molecular weight is 559 g/mol. The molecule has 1 N–H and O–H groups in total. The van der Waals surface area contributed by atoms with Crippen LogP contribution >= 0.6 is 22.6 Å². The van der Waals surface area contributed by atoms with Crippen molar-refractivity contribution >= 4 is 44.9 Å². The highest BCUT2D eigenvalue weighted by molar-refractivity contribution is 14.1. The number of carbonyl (C=O) groups excluding carboxylic acids is 1. The van der Waals surface area contributed by atoms with E-state index in [4.69, 9.17) is 0 Å². The number of allylic oxidation sites excluding steroid dienone is 3. The zero-order chi connectivity index (χ0) is 24.0. The highest BCUT2D eigenvalue weighted by Crippen LogP contribution is 2.46. The van der Waals surface area contributed by atoms with E-state index in [1.807, 2.05) is 85.9 Å². The Balaban J connectivity index is 1.63. The zero-order valence-electron chi connectivity index (χ0n) is 19.4. The van der Waals surface area contributed by atoms with Gasteiger partial charge in [-0.05, 0) is 17.2 Å². The summed E-state index contributed by atoms with van der Waals surface area (Å²) in [6, 6.07) is 28.4. The number of aliphatic hydroxyl groups is 1. The predicted octanol–water partition coefficient (Wildman–Crippen LogP) is 7.40. The van der Waals surface area contributed by atoms with Gasteiger partial charge in [-0.1, -0.05) is 121 Å². The molecular formula is C30H26INO2. The van der Waals surface area contributed by atoms with Crippen molar-refractivity contribution in [1.82, 2.24) is 4.57 Å². The Labute approximate surface area is 213 Å². The summed E-state index contributed by atoms with van der Waals surface area (Å²) in [6.07, 6.45) is 1.92. The summed E-state index contributed by atoms with van der Waals surface area (Å²) >= 11 is 2.37. The zero-order valence-corrected chi connectivity index (χ0v) is 21.6. The van der Waals surface area contributed by atoms with E-state index >= 15 is 0 Å². The van der Waals surface area contributed by atoms with Crippen molar-refractivity contribution in [1.29, 1.82) is 0 Å². The monoisotopic (exact) mass is 559 g/mol. The number of benzene rings is 3. The molecule has 1 aliphatic rings. The van der Waals surface area contributed by atoms with Crippen LogP contribution in [0.5, 0.6) is 0 Å². The van der Waals surface area contributed by atoms with Gasteiger partial charge in [-0.3, -0.25) is 4.79 Å². The summed E-state index contributed by atoms with van der Waals surface area (Å²) in [5.74, 6) is -0.0133. The van der Waals surface area contributed by atoms with Crippen molar-refractivity contribution in [2.75, 3.05) is 0 Å². The van der Waals surface area contributed by atoms with Gasteiger partial charge in [-0.15, -0.1) is 0 Å². The first kappa shape index (κ1) is 22.7. The second kappa shape index (κ2) is 8.58. The van der Waals surface area contributed by atoms with E-state index in [1.54, 1.807) is 0 Å². The number of para-hydroxylation sites is 1. The molecule has 5 rings (SSSR count). The lowest BCUT2D eigenvalue weighted by molar-refractivity contribution is -0.111. The standard InChI is InChI=1S/C30H26INO2/c1-30(2,20-14-8-5-9-15-20)24(31)18-22-28(33)26(29(22)34)25-21-16-10-11-17-23(21)32(3)27(25)19-12-6-4-7-13-19/h4-18,24,33H,1-3H3/b22-18-. The van der Waals surface area contributed by atoms with Gasteiger partial charge in [0.2, 0.25) is 5.78 Å². The molecule has 4 aromatic rings. The summed E-state index contributed by atoms with van der Waals surface area (Å²) in [7, 11) is 2.01. The topological polar surface area (TPSA) is 42.2 Å². The minimum atomic E-state index is -0.195. The lowest BCUT2D eigenvalue weighted by Crippen LogP contribution is -2.30. The van der Waals surface area contributed by atoms with Crippen LogP contribution in [0.15, 0.2) is 102 Å². The number of halogens is 1. The van der Waals surface area contributed by atoms with E-state index in [0.717, 1.165) is 27.7 Å². The number of Topliss-reactive ketones (excluding diaryl/α,β-unsaturated/α-hetero) is 1. The Morgan fingerprint density at radius 3 is 2.15 bits per heavy atom. The molecule has 3 aromatic carbocycles. The number of nitrogens with zero attached hydrogens (tertiary/aromatic N) is 1. The molecule has 0 bridgehead atoms. The number of fused-ring (bicyclic) bond motifs is 1. The lowest BCUT2D eigenvalue weighted by Gasteiger charge is -2.31. The van der Waals surface area contributed by atoms with Crippen molar-refractivity contribution < 1.29 is 9.90 Å². The molecule has 1 heterocycles. The Morgan fingerprint density at radius 1 is 0.912 bits per heavy atom. The van der Waals surface area contributed by atoms with Crippen molar-refractivity contribution in [3.8, 4) is 11.3 Å². The number of aliphatic hydroxyl groups excluding tert-OH is 1. The number of carbonyl (C=O) groups is 1. The summed E-state index contributed by atoms with van der Waals surface area (Å²) in [5, 5.41) is 12.2. The number of ketones is 1. The number of alkyl halides is 1. The molecule has 0 fully saturated rings. The van der Waals surface area contributed by atoms with E-state index in [-0.39, 0.29) is 20.9 Å². The molecule has 0 spiro atoms. The number of aromatic nitrogens is 1. The van der Waals surface area contributed by atoms with Gasteiger partial charge < -0.3 is 9.67 Å². The van der Waals surface area contributed by atoms with Crippen LogP contribution in [0.2, 0.25) is 0 Å². The molecular weight excluding hydrogens is 533 g/mol. The fraction of sp³-hybridized carbons (Fsp3) is 0.167. The number of aryl methyl sites for hydroxylation is 1. The van der Waals surface area contributed by atoms with E-state index < -0.39 is 0 Å². The van der Waals surface area contributed by atoms with Crippen LogP contribution in [-0.2, 0) is 17.3 Å². The third-order valence-electron chi connectivity index (χ3n) is 6.89. The van der Waals surface area contributed by atoms with Gasteiger partial charge in [-0.2, -0.15) is 0 Å². The highest BCUT2D eigenvalue weighted by Gasteiger charge is 2.40. The Morgan fingerprint density at radius 2 is 1.50 bits per heavy atom. The number of hydrogen-bond acceptors (Lipinski definition) is 2. The maximum absolute atomic E-state index is 13.5. The molecule has 1 atom stereocenters. The number of rotatable bonds is 5. The minimum absolute atomic E-state index is 0.0243. The van der Waals surface area contributed by atoms with Crippen LogP contribution in [0, 0.1) is 0 Å². The normalized spacial score (nSPS) is 16.2. The van der Waals surface area contributed by atoms with Crippen LogP contribution in [0.1, 0.15) is 25.0 Å². The van der Waals surface area contributed by atoms with Gasteiger partial charge in [0.1, 0.15) is 5.76 Å². The average Bonchev–Trinajstić information content (AvgIpc) is 3.15. The second-order valence-corrected chi connectivity index (χ2v) is 10.6. The minimum Gasteiger partial charge on any atom is -0.506 e. The van der Waals surface area contributed by atoms with E-state index in [2.05, 4.69) is 53.1 Å². The first-order valence-electron chi connectivity index (χ1n) is 11.3. The largest absolute Gasteiger partial charge is 0.506 e. The van der Waals surface area contributed by atoms with Crippen molar-refractivity contribution in [2.45, 2.75) is 23.2 Å². The molecule has 170 valence electrons. The third-order valence-corrected chi connectivity index (χ3v) is 8.80. The SMILES string of the molecule is Cn1c(-c2ccccc2)c(C2=C(O)/C(=C/C(I)C(C)(C)c3ccccc3)C2=O)c2ccccc21. The van der Waals surface area contributed by atoms with Crippen LogP contribution in [0.4, 0.5) is 0 Å². The molecule has 0 saturated carbocycles. The summed E-state index contributed by atoms with van der Waals surface area (Å²) in [4.78, 5) is 13.5. The molecule has 0 amide bonds. The summed E-state index contributed by atoms with van der Waals surface area (Å²) in [6.45, 7) is 4.33. The van der Waals surface area contributed by atoms with Crippen molar-refractivity contribution in [3.63, 3.8) is 0 Å². The van der Waals surface area contributed by atoms with Gasteiger partial charge in [0.05, 0.1) is 16.8 Å². The van der Waals surface area contributed by atoms with Crippen molar-refractivity contribution in [2.24, 2.45) is 7.05 Å². The van der Waals surface area contributed by atoms with Gasteiger partial charge in [0.25, 0.3) is 0 Å². The molecule has 34 heavy (non-hydrogen) atoms. The highest BCUT2D eigenvalue weighted by atomic mass is 127. The van der Waals surface area contributed by atoms with Gasteiger partial charge in [-0.25, -0.2) is 0 Å². The van der Waals surface area contributed by atoms with E-state index in [1.165, 1.54) is 5.56 Å². The Hall–Kier alpha value is -3.12. The third kappa shape index (κ3) is 3.52. The first-order chi connectivity index (χ1) is 16.3. The second-order valence-electron chi connectivity index (χ2n) is 9.29. The van der Waals surface area contributed by atoms with Gasteiger partial charge >= 0.3 is 0 Å². The lowest BCUT2D eigenvalue weighted by atomic mass is 9.77. The number of hydrogen-bond donors (Lipinski definition) is 1.